The van der Waals surface area contributed by atoms with E-state index in [2.05, 4.69) is 16.4 Å². The number of para-hydroxylation sites is 2. The molecule has 4 amide bonds. The molecule has 3 atom stereocenters. The van der Waals surface area contributed by atoms with Gasteiger partial charge in [-0.3, -0.25) is 14.5 Å². The number of carbonyl (C=O) groups excluding carboxylic acids is 3. The summed E-state index contributed by atoms with van der Waals surface area (Å²) in [4.78, 5) is 48.0. The molecule has 3 aromatic carbocycles. The van der Waals surface area contributed by atoms with Crippen molar-refractivity contribution in [1.29, 1.82) is 0 Å². The Balaban J connectivity index is 1.29. The molecule has 3 aliphatic heterocycles. The first-order valence-corrected chi connectivity index (χ1v) is 13.8. The summed E-state index contributed by atoms with van der Waals surface area (Å²) in [7, 11) is 0. The number of anilines is 1. The molecule has 3 unspecified atom stereocenters. The summed E-state index contributed by atoms with van der Waals surface area (Å²) in [6, 6.07) is 21.4. The second-order valence-electron chi connectivity index (χ2n) is 10.8. The van der Waals surface area contributed by atoms with Crippen molar-refractivity contribution in [1.82, 2.24) is 15.2 Å². The van der Waals surface area contributed by atoms with E-state index in [0.717, 1.165) is 46.1 Å². The van der Waals surface area contributed by atoms with E-state index in [9.17, 15) is 14.4 Å². The van der Waals surface area contributed by atoms with E-state index < -0.39 is 18.1 Å². The highest BCUT2D eigenvalue weighted by Crippen LogP contribution is 2.45. The largest absolute Gasteiger partial charge is 0.376 e. The molecule has 7 rings (SSSR count). The molecule has 1 aromatic heterocycles. The summed E-state index contributed by atoms with van der Waals surface area (Å²) < 4.78 is 5.64. The molecule has 8 nitrogen and oxygen atoms in total. The fourth-order valence-electron chi connectivity index (χ4n) is 6.36. The second kappa shape index (κ2) is 9.64. The Hall–Kier alpha value is -4.43. The normalized spacial score (nSPS) is 22.1. The van der Waals surface area contributed by atoms with Gasteiger partial charge in [-0.15, -0.1) is 0 Å². The van der Waals surface area contributed by atoms with Gasteiger partial charge in [-0.25, -0.2) is 9.69 Å². The predicted molar refractivity (Wildman–Crippen MR) is 151 cm³/mol. The van der Waals surface area contributed by atoms with Gasteiger partial charge in [0.05, 0.1) is 17.4 Å². The Morgan fingerprint density at radius 3 is 2.60 bits per heavy atom. The molecule has 202 valence electrons. The molecule has 0 aliphatic carbocycles. The Kier molecular flexibility index (Phi) is 5.93. The molecule has 2 fully saturated rings. The highest BCUT2D eigenvalue weighted by atomic mass is 16.5. The monoisotopic (exact) mass is 534 g/mol. The SMILES string of the molecule is Cc1ccc(C2c3[nH]c4ccccc4c3CC3C(=O)N(c4ccccc4C(=O)NCC4CCCO4)C(=O)N32)cc1. The number of hydrogen-bond acceptors (Lipinski definition) is 4. The smallest absolute Gasteiger partial charge is 0.332 e. The average Bonchev–Trinajstić information content (AvgIpc) is 3.69. The molecule has 0 radical (unpaired) electrons. The summed E-state index contributed by atoms with van der Waals surface area (Å²) >= 11 is 0. The number of aromatic nitrogens is 1. The number of amides is 4. The van der Waals surface area contributed by atoms with Crippen LogP contribution >= 0.6 is 0 Å². The first kappa shape index (κ1) is 24.6. The molecule has 2 N–H and O–H groups in total. The van der Waals surface area contributed by atoms with Crippen LogP contribution in [0.2, 0.25) is 0 Å². The Labute approximate surface area is 231 Å². The zero-order chi connectivity index (χ0) is 27.4. The quantitative estimate of drug-likeness (QED) is 0.357. The number of fused-ring (bicyclic) bond motifs is 4. The minimum atomic E-state index is -0.687. The number of nitrogens with zero attached hydrogens (tertiary/aromatic N) is 2. The number of imide groups is 1. The highest BCUT2D eigenvalue weighted by molar-refractivity contribution is 6.24. The van der Waals surface area contributed by atoms with Crippen molar-refractivity contribution in [3.63, 3.8) is 0 Å². The molecular formula is C32H30N4O4. The van der Waals surface area contributed by atoms with E-state index in [1.165, 1.54) is 4.90 Å². The molecule has 0 saturated carbocycles. The lowest BCUT2D eigenvalue weighted by Crippen LogP contribution is -2.44. The number of urea groups is 1. The fourth-order valence-corrected chi connectivity index (χ4v) is 6.36. The zero-order valence-electron chi connectivity index (χ0n) is 22.2. The Bertz CT molecular complexity index is 1640. The number of aromatic amines is 1. The van der Waals surface area contributed by atoms with Crippen molar-refractivity contribution in [2.45, 2.75) is 44.4 Å². The molecule has 0 bridgehead atoms. The first-order valence-electron chi connectivity index (χ1n) is 13.8. The molecule has 2 saturated heterocycles. The summed E-state index contributed by atoms with van der Waals surface area (Å²) in [5.74, 6) is -0.653. The third kappa shape index (κ3) is 3.90. The predicted octanol–water partition coefficient (Wildman–Crippen LogP) is 4.87. The number of carbonyl (C=O) groups is 3. The molecule has 0 spiro atoms. The van der Waals surface area contributed by atoms with Gasteiger partial charge in [0.1, 0.15) is 12.1 Å². The van der Waals surface area contributed by atoms with E-state index >= 15 is 0 Å². The van der Waals surface area contributed by atoms with E-state index in [4.69, 9.17) is 4.74 Å². The number of rotatable bonds is 5. The first-order chi connectivity index (χ1) is 19.5. The average molecular weight is 535 g/mol. The van der Waals surface area contributed by atoms with Crippen LogP contribution < -0.4 is 10.2 Å². The van der Waals surface area contributed by atoms with Gasteiger partial charge in [0.2, 0.25) is 0 Å². The highest BCUT2D eigenvalue weighted by Gasteiger charge is 2.53. The van der Waals surface area contributed by atoms with Gasteiger partial charge < -0.3 is 15.0 Å². The molecule has 3 aliphatic rings. The van der Waals surface area contributed by atoms with Crippen LogP contribution in [0.1, 0.15) is 51.6 Å². The fraction of sp³-hybridized carbons (Fsp3) is 0.281. The number of benzene rings is 3. The maximum atomic E-state index is 14.2. The summed E-state index contributed by atoms with van der Waals surface area (Å²) in [6.07, 6.45) is 2.26. The van der Waals surface area contributed by atoms with Crippen molar-refractivity contribution >= 4 is 34.4 Å². The van der Waals surface area contributed by atoms with Crippen molar-refractivity contribution in [2.24, 2.45) is 0 Å². The van der Waals surface area contributed by atoms with Gasteiger partial charge >= 0.3 is 6.03 Å². The second-order valence-corrected chi connectivity index (χ2v) is 10.8. The summed E-state index contributed by atoms with van der Waals surface area (Å²) in [5, 5.41) is 3.99. The molecule has 8 heteroatoms. The van der Waals surface area contributed by atoms with E-state index in [0.29, 0.717) is 25.3 Å². The van der Waals surface area contributed by atoms with E-state index in [1.807, 2.05) is 49.4 Å². The lowest BCUT2D eigenvalue weighted by atomic mass is 9.88. The standard InChI is InChI=1S/C32H30N4O4/c1-19-12-14-20(15-13-19)29-28-24(22-8-2-4-10-25(22)34-28)17-27-31(38)36(32(39)35(27)29)26-11-5-3-9-23(26)30(37)33-18-21-7-6-16-40-21/h2-5,8-15,21,27,29,34H,6-7,16-18H2,1H3,(H,33,37). The van der Waals surface area contributed by atoms with Gasteiger partial charge in [-0.05, 0) is 49.1 Å². The van der Waals surface area contributed by atoms with Crippen LogP contribution in [0.25, 0.3) is 10.9 Å². The number of H-pyrrole nitrogens is 1. The summed E-state index contributed by atoms with van der Waals surface area (Å²) in [6.45, 7) is 3.11. The molecular weight excluding hydrogens is 504 g/mol. The maximum absolute atomic E-state index is 14.2. The van der Waals surface area contributed by atoms with Crippen molar-refractivity contribution in [2.75, 3.05) is 18.1 Å². The van der Waals surface area contributed by atoms with Crippen LogP contribution in [-0.4, -0.2) is 53.0 Å². The minimum absolute atomic E-state index is 0.0146. The van der Waals surface area contributed by atoms with E-state index in [-0.39, 0.29) is 23.5 Å². The lowest BCUT2D eigenvalue weighted by Gasteiger charge is -2.36. The summed E-state index contributed by atoms with van der Waals surface area (Å²) in [5.41, 5.74) is 5.58. The molecule has 4 aromatic rings. The topological polar surface area (TPSA) is 94.7 Å². The third-order valence-corrected chi connectivity index (χ3v) is 8.35. The number of ether oxygens (including phenoxy) is 1. The maximum Gasteiger partial charge on any atom is 0.332 e. The number of aryl methyl sites for hydroxylation is 1. The lowest BCUT2D eigenvalue weighted by molar-refractivity contribution is -0.120. The van der Waals surface area contributed by atoms with Gasteiger partial charge in [0.15, 0.2) is 0 Å². The number of hydrogen-bond donors (Lipinski definition) is 2. The van der Waals surface area contributed by atoms with Crippen molar-refractivity contribution in [3.05, 3.63) is 101 Å². The van der Waals surface area contributed by atoms with Gasteiger partial charge in [-0.1, -0.05) is 60.2 Å². The van der Waals surface area contributed by atoms with Crippen LogP contribution in [0, 0.1) is 6.92 Å². The van der Waals surface area contributed by atoms with E-state index in [1.54, 1.807) is 29.2 Å². The zero-order valence-corrected chi connectivity index (χ0v) is 22.2. The van der Waals surface area contributed by atoms with Gasteiger partial charge in [-0.2, -0.15) is 0 Å². The van der Waals surface area contributed by atoms with Crippen LogP contribution in [0.15, 0.2) is 72.8 Å². The van der Waals surface area contributed by atoms with Gasteiger partial charge in [0, 0.05) is 36.2 Å². The van der Waals surface area contributed by atoms with Crippen LogP contribution in [0.3, 0.4) is 0 Å². The van der Waals surface area contributed by atoms with Crippen LogP contribution in [0.5, 0.6) is 0 Å². The Morgan fingerprint density at radius 2 is 1.80 bits per heavy atom. The molecule has 4 heterocycles. The van der Waals surface area contributed by atoms with Crippen LogP contribution in [-0.2, 0) is 16.0 Å². The molecule has 40 heavy (non-hydrogen) atoms. The number of nitrogens with one attached hydrogen (secondary N) is 2. The Morgan fingerprint density at radius 1 is 1.02 bits per heavy atom. The van der Waals surface area contributed by atoms with Crippen LogP contribution in [0.4, 0.5) is 10.5 Å². The van der Waals surface area contributed by atoms with Crippen molar-refractivity contribution in [3.8, 4) is 0 Å². The van der Waals surface area contributed by atoms with Gasteiger partial charge in [0.25, 0.3) is 11.8 Å². The third-order valence-electron chi connectivity index (χ3n) is 8.35. The minimum Gasteiger partial charge on any atom is -0.376 e. The van der Waals surface area contributed by atoms with Crippen molar-refractivity contribution < 1.29 is 19.1 Å².